The maximum Gasteiger partial charge on any atom is 0.136 e. The minimum absolute atomic E-state index is 0.473. The molecule has 2 rings (SSSR count). The lowest BCUT2D eigenvalue weighted by atomic mass is 9.92. The van der Waals surface area contributed by atoms with Crippen LogP contribution in [0.3, 0.4) is 0 Å². The average Bonchev–Trinajstić information content (AvgIpc) is 2.02. The fourth-order valence-corrected chi connectivity index (χ4v) is 3.37. The molecule has 0 saturated heterocycles. The zero-order valence-electron chi connectivity index (χ0n) is 7.58. The van der Waals surface area contributed by atoms with Crippen molar-refractivity contribution in [3.63, 3.8) is 0 Å². The van der Waals surface area contributed by atoms with E-state index in [-0.39, 0.29) is 0 Å². The number of nitrogens with zero attached hydrogens (tertiary/aromatic N) is 1. The highest BCUT2D eigenvalue weighted by Gasteiger charge is 2.22. The van der Waals surface area contributed by atoms with Crippen molar-refractivity contribution in [2.24, 2.45) is 10.1 Å². The fourth-order valence-electron chi connectivity index (χ4n) is 1.98. The van der Waals surface area contributed by atoms with E-state index >= 15 is 0 Å². The molecule has 4 heteroatoms. The molecule has 3 nitrogen and oxygen atoms in total. The third kappa shape index (κ3) is 1.63. The van der Waals surface area contributed by atoms with Crippen LogP contribution in [0.1, 0.15) is 25.7 Å². The van der Waals surface area contributed by atoms with Gasteiger partial charge in [-0.15, -0.1) is 0 Å². The third-order valence-corrected chi connectivity index (χ3v) is 3.88. The van der Waals surface area contributed by atoms with Crippen LogP contribution in [0.25, 0.3) is 0 Å². The van der Waals surface area contributed by atoms with Gasteiger partial charge in [0.25, 0.3) is 0 Å². The summed E-state index contributed by atoms with van der Waals surface area (Å²) in [5.74, 6) is 4.60. The first-order valence-corrected chi connectivity index (χ1v) is 6.35. The van der Waals surface area contributed by atoms with Crippen molar-refractivity contribution in [1.82, 2.24) is 0 Å². The van der Waals surface area contributed by atoms with Crippen LogP contribution in [-0.4, -0.2) is 21.7 Å². The van der Waals surface area contributed by atoms with Crippen molar-refractivity contribution in [3.8, 4) is 0 Å². The maximum absolute atomic E-state index is 11.7. The average molecular weight is 198 g/mol. The summed E-state index contributed by atoms with van der Waals surface area (Å²) in [5, 5.41) is 0. The minimum Gasteiger partial charge on any atom is -0.383 e. The Morgan fingerprint density at radius 2 is 2.08 bits per heavy atom. The van der Waals surface area contributed by atoms with Gasteiger partial charge < -0.3 is 5.73 Å². The third-order valence-electron chi connectivity index (χ3n) is 2.56. The molecule has 0 fully saturated rings. The van der Waals surface area contributed by atoms with Crippen LogP contribution >= 0.6 is 0 Å². The Labute approximate surface area is 78.9 Å². The fraction of sp³-hybridized carbons (Fsp3) is 0.556. The summed E-state index contributed by atoms with van der Waals surface area (Å²) in [4.78, 5) is 0. The predicted octanol–water partition coefficient (Wildman–Crippen LogP) is 0.859. The van der Waals surface area contributed by atoms with Crippen LogP contribution < -0.4 is 5.73 Å². The van der Waals surface area contributed by atoms with Crippen molar-refractivity contribution in [2.75, 3.05) is 5.75 Å². The van der Waals surface area contributed by atoms with E-state index in [0.29, 0.717) is 11.6 Å². The quantitative estimate of drug-likeness (QED) is 0.587. The molecule has 0 aromatic rings. The Hall–Kier alpha value is -0.770. The van der Waals surface area contributed by atoms with Crippen molar-refractivity contribution >= 4 is 21.4 Å². The molecular weight excluding hydrogens is 184 g/mol. The SMILES string of the molecule is C=S1(=O)CC2=C(CCCC2)C(N)=N1. The van der Waals surface area contributed by atoms with E-state index in [2.05, 4.69) is 10.3 Å². The Kier molecular flexibility index (Phi) is 1.95. The van der Waals surface area contributed by atoms with Crippen LogP contribution in [0.4, 0.5) is 0 Å². The van der Waals surface area contributed by atoms with Gasteiger partial charge in [-0.05, 0) is 42.7 Å². The van der Waals surface area contributed by atoms with E-state index in [1.54, 1.807) is 0 Å². The highest BCUT2D eigenvalue weighted by atomic mass is 32.2. The largest absolute Gasteiger partial charge is 0.383 e. The second kappa shape index (κ2) is 2.87. The zero-order chi connectivity index (χ0) is 9.47. The predicted molar refractivity (Wildman–Crippen MR) is 57.2 cm³/mol. The lowest BCUT2D eigenvalue weighted by molar-refractivity contribution is 0.667. The smallest absolute Gasteiger partial charge is 0.136 e. The van der Waals surface area contributed by atoms with Gasteiger partial charge >= 0.3 is 0 Å². The molecule has 13 heavy (non-hydrogen) atoms. The summed E-state index contributed by atoms with van der Waals surface area (Å²) in [6.07, 6.45) is 4.38. The Bertz CT molecular complexity index is 390. The molecule has 1 atom stereocenters. The van der Waals surface area contributed by atoms with E-state index in [4.69, 9.17) is 5.73 Å². The standard InChI is InChI=1S/C9H14N2OS/c1-13(12)6-7-4-2-3-5-8(7)9(10)11-13/h1-6H2,(H2,10,11,12). The number of nitrogens with two attached hydrogens (primary N) is 1. The first-order valence-electron chi connectivity index (χ1n) is 4.50. The van der Waals surface area contributed by atoms with Crippen molar-refractivity contribution < 1.29 is 4.21 Å². The summed E-state index contributed by atoms with van der Waals surface area (Å²) < 4.78 is 15.6. The molecule has 1 aliphatic carbocycles. The number of hydrogen-bond acceptors (Lipinski definition) is 2. The monoisotopic (exact) mass is 198 g/mol. The second-order valence-corrected chi connectivity index (χ2v) is 5.70. The number of hydrogen-bond donors (Lipinski definition) is 1. The molecule has 0 spiro atoms. The second-order valence-electron chi connectivity index (χ2n) is 3.68. The van der Waals surface area contributed by atoms with Crippen LogP contribution in [0.5, 0.6) is 0 Å². The lowest BCUT2D eigenvalue weighted by Crippen LogP contribution is -2.27. The van der Waals surface area contributed by atoms with E-state index < -0.39 is 9.71 Å². The molecular formula is C9H14N2OS. The molecule has 2 aliphatic rings. The Morgan fingerprint density at radius 3 is 2.85 bits per heavy atom. The normalized spacial score (nSPS) is 34.0. The minimum atomic E-state index is -2.30. The van der Waals surface area contributed by atoms with Gasteiger partial charge in [-0.25, -0.2) is 4.21 Å². The first-order chi connectivity index (χ1) is 6.08. The van der Waals surface area contributed by atoms with Crippen LogP contribution in [0.15, 0.2) is 15.5 Å². The summed E-state index contributed by atoms with van der Waals surface area (Å²) in [6.45, 7) is 0. The highest BCUT2D eigenvalue weighted by molar-refractivity contribution is 7.99. The van der Waals surface area contributed by atoms with Gasteiger partial charge in [-0.1, -0.05) is 0 Å². The summed E-state index contributed by atoms with van der Waals surface area (Å²) in [6, 6.07) is 0. The maximum atomic E-state index is 11.7. The van der Waals surface area contributed by atoms with E-state index in [1.807, 2.05) is 0 Å². The van der Waals surface area contributed by atoms with Gasteiger partial charge in [0.05, 0.1) is 15.5 Å². The summed E-state index contributed by atoms with van der Waals surface area (Å²) in [7, 11) is -2.30. The lowest BCUT2D eigenvalue weighted by Gasteiger charge is -2.24. The van der Waals surface area contributed by atoms with Crippen LogP contribution in [0, 0.1) is 0 Å². The Morgan fingerprint density at radius 1 is 1.38 bits per heavy atom. The highest BCUT2D eigenvalue weighted by Crippen LogP contribution is 2.29. The first kappa shape index (κ1) is 8.81. The molecule has 1 aliphatic heterocycles. The van der Waals surface area contributed by atoms with Crippen molar-refractivity contribution in [2.45, 2.75) is 25.7 Å². The van der Waals surface area contributed by atoms with E-state index in [9.17, 15) is 4.21 Å². The van der Waals surface area contributed by atoms with E-state index in [1.165, 1.54) is 18.4 Å². The van der Waals surface area contributed by atoms with Gasteiger partial charge in [0.15, 0.2) is 0 Å². The van der Waals surface area contributed by atoms with Gasteiger partial charge in [0, 0.05) is 0 Å². The van der Waals surface area contributed by atoms with Crippen molar-refractivity contribution in [3.05, 3.63) is 11.1 Å². The van der Waals surface area contributed by atoms with E-state index in [0.717, 1.165) is 18.4 Å². The van der Waals surface area contributed by atoms with Crippen LogP contribution in [-0.2, 0) is 9.71 Å². The Balaban J connectivity index is 2.45. The summed E-state index contributed by atoms with van der Waals surface area (Å²) >= 11 is 0. The van der Waals surface area contributed by atoms with Gasteiger partial charge in [-0.3, -0.25) is 0 Å². The molecule has 2 N–H and O–H groups in total. The molecule has 72 valence electrons. The summed E-state index contributed by atoms with van der Waals surface area (Å²) in [5.41, 5.74) is 8.12. The number of rotatable bonds is 0. The molecule has 0 radical (unpaired) electrons. The molecule has 0 aromatic carbocycles. The molecule has 0 aromatic heterocycles. The van der Waals surface area contributed by atoms with Crippen LogP contribution in [0.2, 0.25) is 0 Å². The molecule has 0 bridgehead atoms. The molecule has 0 saturated carbocycles. The topological polar surface area (TPSA) is 55.5 Å². The van der Waals surface area contributed by atoms with Gasteiger partial charge in [0.2, 0.25) is 0 Å². The van der Waals surface area contributed by atoms with Gasteiger partial charge in [-0.2, -0.15) is 4.40 Å². The van der Waals surface area contributed by atoms with Crippen molar-refractivity contribution in [1.29, 1.82) is 0 Å². The molecule has 0 amide bonds. The van der Waals surface area contributed by atoms with Gasteiger partial charge in [0.1, 0.15) is 5.84 Å². The molecule has 1 heterocycles. The zero-order valence-corrected chi connectivity index (χ0v) is 8.40. The number of amidine groups is 1. The molecule has 1 unspecified atom stereocenters.